The lowest BCUT2D eigenvalue weighted by Gasteiger charge is -2.31. The lowest BCUT2D eigenvalue weighted by Crippen LogP contribution is -2.48. The van der Waals surface area contributed by atoms with Crippen molar-refractivity contribution in [3.05, 3.63) is 41.0 Å². The van der Waals surface area contributed by atoms with E-state index >= 15 is 0 Å². The Kier molecular flexibility index (Phi) is 5.06. The van der Waals surface area contributed by atoms with Gasteiger partial charge in [0, 0.05) is 29.6 Å². The van der Waals surface area contributed by atoms with E-state index in [1.807, 2.05) is 17.9 Å². The third-order valence-electron chi connectivity index (χ3n) is 5.10. The Morgan fingerprint density at radius 2 is 2.03 bits per heavy atom. The molecule has 4 rings (SSSR count). The molecule has 0 saturated carbocycles. The number of pyridine rings is 1. The zero-order valence-corrected chi connectivity index (χ0v) is 17.0. The topological polar surface area (TPSA) is 122 Å². The van der Waals surface area contributed by atoms with Crippen LogP contribution in [0.3, 0.4) is 0 Å². The van der Waals surface area contributed by atoms with Crippen molar-refractivity contribution in [3.63, 3.8) is 0 Å². The second-order valence-electron chi connectivity index (χ2n) is 7.35. The Balaban J connectivity index is 1.80. The molecule has 2 aromatic heterocycles. The van der Waals surface area contributed by atoms with Crippen LogP contribution >= 0.6 is 0 Å². The first-order chi connectivity index (χ1) is 14.3. The first-order valence-corrected chi connectivity index (χ1v) is 9.68. The number of piperazine rings is 1. The highest BCUT2D eigenvalue weighted by Crippen LogP contribution is 2.32. The minimum Gasteiger partial charge on any atom is -0.368 e. The van der Waals surface area contributed by atoms with Gasteiger partial charge in [0.05, 0.1) is 18.1 Å². The maximum atomic E-state index is 14.1. The van der Waals surface area contributed by atoms with Crippen molar-refractivity contribution < 1.29 is 9.18 Å². The number of rotatable bonds is 4. The molecule has 1 atom stereocenters. The molecule has 1 saturated heterocycles. The number of anilines is 3. The molecule has 0 aliphatic carbocycles. The lowest BCUT2D eigenvalue weighted by atomic mass is 10.0. The van der Waals surface area contributed by atoms with E-state index in [4.69, 9.17) is 10.7 Å². The number of fused-ring (bicyclic) bond motifs is 1. The van der Waals surface area contributed by atoms with Gasteiger partial charge in [0.25, 0.3) is 0 Å². The van der Waals surface area contributed by atoms with E-state index < -0.39 is 0 Å². The van der Waals surface area contributed by atoms with Crippen molar-refractivity contribution in [2.24, 2.45) is 0 Å². The second-order valence-corrected chi connectivity index (χ2v) is 7.35. The Labute approximate surface area is 172 Å². The second kappa shape index (κ2) is 7.69. The summed E-state index contributed by atoms with van der Waals surface area (Å²) in [7, 11) is 0. The molecule has 1 amide bonds. The van der Waals surface area contributed by atoms with E-state index in [1.54, 1.807) is 19.9 Å². The van der Waals surface area contributed by atoms with E-state index in [0.29, 0.717) is 41.8 Å². The molecule has 30 heavy (non-hydrogen) atoms. The number of nitrogens with one attached hydrogen (secondary N) is 2. The van der Waals surface area contributed by atoms with Gasteiger partial charge in [-0.05, 0) is 39.0 Å². The molecule has 9 nitrogen and oxygen atoms in total. The monoisotopic (exact) mass is 410 g/mol. The number of carbonyl (C=O) groups is 1. The minimum absolute atomic E-state index is 0.0773. The van der Waals surface area contributed by atoms with Crippen LogP contribution < -0.4 is 21.3 Å². The van der Waals surface area contributed by atoms with Crippen molar-refractivity contribution in [2.75, 3.05) is 35.6 Å². The molecule has 0 unspecified atom stereocenters. The van der Waals surface area contributed by atoms with Crippen LogP contribution in [0.5, 0.6) is 0 Å². The number of nitrogens with two attached hydrogens (primary N) is 1. The quantitative estimate of drug-likeness (QED) is 0.596. The maximum absolute atomic E-state index is 14.1. The van der Waals surface area contributed by atoms with Crippen molar-refractivity contribution in [2.45, 2.75) is 26.8 Å². The number of hydrogen-bond donors (Lipinski definition) is 3. The molecule has 0 bridgehead atoms. The highest BCUT2D eigenvalue weighted by Gasteiger charge is 2.24. The molecule has 1 aliphatic rings. The lowest BCUT2D eigenvalue weighted by molar-refractivity contribution is -0.120. The standard InChI is InChI=1S/C20H23FN8O/c1-10-15(21)5-4-13-8-14(11(2)24-20-26-12(3)25-19(22)28-20)18(27-17(10)13)29-7-6-23-16(30)9-29/h4-5,8,11H,6-7,9H2,1-3H3,(H,23,30)(H3,22,24,25,26,28)/t11-/m0/s1. The number of amides is 1. The molecule has 156 valence electrons. The third kappa shape index (κ3) is 3.80. The molecule has 4 N–H and O–H groups in total. The average molecular weight is 410 g/mol. The summed E-state index contributed by atoms with van der Waals surface area (Å²) in [5.74, 6) is 1.23. The first kappa shape index (κ1) is 19.7. The van der Waals surface area contributed by atoms with Gasteiger partial charge in [-0.1, -0.05) is 0 Å². The molecular weight excluding hydrogens is 387 g/mol. The number of aryl methyl sites for hydroxylation is 2. The number of hydrogen-bond acceptors (Lipinski definition) is 8. The predicted molar refractivity (Wildman–Crippen MR) is 113 cm³/mol. The normalized spacial score (nSPS) is 15.2. The number of nitrogen functional groups attached to an aromatic ring is 1. The molecule has 0 radical (unpaired) electrons. The van der Waals surface area contributed by atoms with Crippen molar-refractivity contribution in [3.8, 4) is 0 Å². The Morgan fingerprint density at radius 1 is 1.23 bits per heavy atom. The number of aromatic nitrogens is 4. The highest BCUT2D eigenvalue weighted by molar-refractivity contribution is 5.87. The molecule has 1 aromatic carbocycles. The fourth-order valence-corrected chi connectivity index (χ4v) is 3.59. The summed E-state index contributed by atoms with van der Waals surface area (Å²) < 4.78 is 14.1. The van der Waals surface area contributed by atoms with Gasteiger partial charge in [-0.25, -0.2) is 9.37 Å². The number of carbonyl (C=O) groups excluding carboxylic acids is 1. The molecule has 0 spiro atoms. The smallest absolute Gasteiger partial charge is 0.239 e. The SMILES string of the molecule is Cc1nc(N)nc(N[C@@H](C)c2cc3ccc(F)c(C)c3nc2N2CCNC(=O)C2)n1. The zero-order valence-electron chi connectivity index (χ0n) is 17.0. The summed E-state index contributed by atoms with van der Waals surface area (Å²) in [5.41, 5.74) is 7.64. The van der Waals surface area contributed by atoms with Crippen molar-refractivity contribution in [1.82, 2.24) is 25.3 Å². The van der Waals surface area contributed by atoms with Gasteiger partial charge < -0.3 is 21.3 Å². The van der Waals surface area contributed by atoms with Crippen LogP contribution in [-0.4, -0.2) is 45.5 Å². The summed E-state index contributed by atoms with van der Waals surface area (Å²) in [6.07, 6.45) is 0. The minimum atomic E-state index is -0.313. The van der Waals surface area contributed by atoms with E-state index in [1.165, 1.54) is 6.07 Å². The van der Waals surface area contributed by atoms with Crippen LogP contribution in [0.2, 0.25) is 0 Å². The first-order valence-electron chi connectivity index (χ1n) is 9.68. The largest absolute Gasteiger partial charge is 0.368 e. The predicted octanol–water partition coefficient (Wildman–Crippen LogP) is 1.87. The van der Waals surface area contributed by atoms with Gasteiger partial charge in [-0.2, -0.15) is 15.0 Å². The molecule has 3 heterocycles. The van der Waals surface area contributed by atoms with Crippen LogP contribution in [0.1, 0.15) is 29.9 Å². The fourth-order valence-electron chi connectivity index (χ4n) is 3.59. The Morgan fingerprint density at radius 3 is 2.77 bits per heavy atom. The number of nitrogens with zero attached hydrogens (tertiary/aromatic N) is 5. The van der Waals surface area contributed by atoms with Gasteiger partial charge in [-0.3, -0.25) is 4.79 Å². The number of benzene rings is 1. The van der Waals surface area contributed by atoms with Gasteiger partial charge in [0.2, 0.25) is 17.8 Å². The van der Waals surface area contributed by atoms with Crippen molar-refractivity contribution in [1.29, 1.82) is 0 Å². The van der Waals surface area contributed by atoms with E-state index in [-0.39, 0.29) is 30.3 Å². The third-order valence-corrected chi connectivity index (χ3v) is 5.10. The summed E-state index contributed by atoms with van der Waals surface area (Å²) >= 11 is 0. The van der Waals surface area contributed by atoms with Gasteiger partial charge in [-0.15, -0.1) is 0 Å². The molecule has 1 fully saturated rings. The summed E-state index contributed by atoms with van der Waals surface area (Å²) in [5, 5.41) is 6.87. The van der Waals surface area contributed by atoms with Crippen LogP contribution in [-0.2, 0) is 4.79 Å². The highest BCUT2D eigenvalue weighted by atomic mass is 19.1. The molecular formula is C20H23FN8O. The van der Waals surface area contributed by atoms with E-state index in [9.17, 15) is 9.18 Å². The zero-order chi connectivity index (χ0) is 21.4. The Hall–Kier alpha value is -3.56. The van der Waals surface area contributed by atoms with Crippen molar-refractivity contribution >= 4 is 34.5 Å². The molecule has 3 aromatic rings. The summed E-state index contributed by atoms with van der Waals surface area (Å²) in [6, 6.07) is 4.85. The van der Waals surface area contributed by atoms with Crippen LogP contribution in [0.15, 0.2) is 18.2 Å². The maximum Gasteiger partial charge on any atom is 0.239 e. The Bertz CT molecular complexity index is 1120. The average Bonchev–Trinajstić information content (AvgIpc) is 2.69. The van der Waals surface area contributed by atoms with Crippen LogP contribution in [0.4, 0.5) is 22.1 Å². The van der Waals surface area contributed by atoms with Gasteiger partial charge in [0.15, 0.2) is 0 Å². The molecule has 1 aliphatic heterocycles. The van der Waals surface area contributed by atoms with Crippen LogP contribution in [0.25, 0.3) is 10.9 Å². The van der Waals surface area contributed by atoms with E-state index in [0.717, 1.165) is 10.9 Å². The van der Waals surface area contributed by atoms with Gasteiger partial charge >= 0.3 is 0 Å². The van der Waals surface area contributed by atoms with E-state index in [2.05, 4.69) is 25.6 Å². The molecule has 10 heteroatoms. The number of halogens is 1. The summed E-state index contributed by atoms with van der Waals surface area (Å²) in [6.45, 7) is 6.70. The van der Waals surface area contributed by atoms with Crippen LogP contribution in [0, 0.1) is 19.7 Å². The van der Waals surface area contributed by atoms with Gasteiger partial charge in [0.1, 0.15) is 17.5 Å². The fraction of sp³-hybridized carbons (Fsp3) is 0.350. The summed E-state index contributed by atoms with van der Waals surface area (Å²) in [4.78, 5) is 31.1.